The van der Waals surface area contributed by atoms with E-state index in [-0.39, 0.29) is 6.42 Å². The Bertz CT molecular complexity index is 727. The number of aliphatic carboxylic acids is 1. The first-order chi connectivity index (χ1) is 12.0. The van der Waals surface area contributed by atoms with Gasteiger partial charge in [-0.2, -0.15) is 0 Å². The molecule has 0 bridgehead atoms. The van der Waals surface area contributed by atoms with Crippen molar-refractivity contribution >= 4 is 17.6 Å². The number of anilines is 1. The number of benzene rings is 2. The van der Waals surface area contributed by atoms with Gasteiger partial charge >= 0.3 is 11.9 Å². The smallest absolute Gasteiger partial charge is 0.338 e. The standard InChI is InChI=1S/C19H21NO5/c1-24-16-9-7-15(8-10-16)20(12-11-18(21)22)13-14-5-3-4-6-17(14)19(23)25-2/h3-10H,11-13H2,1-2H3,(H,21,22). The molecule has 0 aliphatic rings. The third-order valence-corrected chi connectivity index (χ3v) is 3.82. The summed E-state index contributed by atoms with van der Waals surface area (Å²) in [5, 5.41) is 9.02. The molecule has 0 atom stereocenters. The normalized spacial score (nSPS) is 10.2. The molecule has 6 heteroatoms. The Labute approximate surface area is 146 Å². The molecule has 0 amide bonds. The van der Waals surface area contributed by atoms with Gasteiger partial charge in [-0.3, -0.25) is 4.79 Å². The minimum absolute atomic E-state index is 0.00752. The highest BCUT2D eigenvalue weighted by Crippen LogP contribution is 2.23. The van der Waals surface area contributed by atoms with E-state index < -0.39 is 11.9 Å². The number of esters is 1. The maximum absolute atomic E-state index is 12.0. The molecular weight excluding hydrogens is 322 g/mol. The summed E-state index contributed by atoms with van der Waals surface area (Å²) in [6.07, 6.45) is -0.00752. The fraction of sp³-hybridized carbons (Fsp3) is 0.263. The van der Waals surface area contributed by atoms with E-state index in [1.54, 1.807) is 19.2 Å². The number of rotatable bonds is 8. The highest BCUT2D eigenvalue weighted by atomic mass is 16.5. The van der Waals surface area contributed by atoms with Gasteiger partial charge in [-0.25, -0.2) is 4.79 Å². The number of hydrogen-bond acceptors (Lipinski definition) is 5. The molecule has 0 aromatic heterocycles. The van der Waals surface area contributed by atoms with Crippen LogP contribution in [0.2, 0.25) is 0 Å². The van der Waals surface area contributed by atoms with Gasteiger partial charge in [0.15, 0.2) is 0 Å². The van der Waals surface area contributed by atoms with Crippen LogP contribution in [0.3, 0.4) is 0 Å². The van der Waals surface area contributed by atoms with Crippen LogP contribution in [-0.2, 0) is 16.1 Å². The van der Waals surface area contributed by atoms with Crippen molar-refractivity contribution in [2.24, 2.45) is 0 Å². The van der Waals surface area contributed by atoms with Crippen LogP contribution in [0.25, 0.3) is 0 Å². The molecule has 0 aliphatic carbocycles. The van der Waals surface area contributed by atoms with Gasteiger partial charge in [-0.15, -0.1) is 0 Å². The van der Waals surface area contributed by atoms with E-state index >= 15 is 0 Å². The minimum atomic E-state index is -0.875. The summed E-state index contributed by atoms with van der Waals surface area (Å²) in [5.74, 6) is -0.569. The van der Waals surface area contributed by atoms with E-state index in [0.717, 1.165) is 17.0 Å². The molecule has 2 aromatic carbocycles. The Balaban J connectivity index is 2.29. The zero-order valence-electron chi connectivity index (χ0n) is 14.3. The van der Waals surface area contributed by atoms with Crippen LogP contribution in [0.5, 0.6) is 5.75 Å². The molecule has 0 spiro atoms. The second-order valence-electron chi connectivity index (χ2n) is 5.41. The Hall–Kier alpha value is -3.02. The lowest BCUT2D eigenvalue weighted by Gasteiger charge is -2.25. The second kappa shape index (κ2) is 8.73. The molecule has 0 saturated carbocycles. The summed E-state index contributed by atoms with van der Waals surface area (Å²) < 4.78 is 9.98. The molecule has 2 aromatic rings. The summed E-state index contributed by atoms with van der Waals surface area (Å²) in [5.41, 5.74) is 2.09. The fourth-order valence-electron chi connectivity index (χ4n) is 2.50. The molecule has 132 valence electrons. The van der Waals surface area contributed by atoms with Gasteiger partial charge in [0.1, 0.15) is 5.75 Å². The van der Waals surface area contributed by atoms with Crippen molar-refractivity contribution in [2.45, 2.75) is 13.0 Å². The molecule has 0 fully saturated rings. The van der Waals surface area contributed by atoms with Crippen molar-refractivity contribution in [3.8, 4) is 5.75 Å². The van der Waals surface area contributed by atoms with Gasteiger partial charge < -0.3 is 19.5 Å². The first kappa shape index (κ1) is 18.3. The van der Waals surface area contributed by atoms with Gasteiger partial charge in [0, 0.05) is 18.8 Å². The minimum Gasteiger partial charge on any atom is -0.497 e. The largest absolute Gasteiger partial charge is 0.497 e. The van der Waals surface area contributed by atoms with Crippen LogP contribution in [0.4, 0.5) is 5.69 Å². The SMILES string of the molecule is COC(=O)c1ccccc1CN(CCC(=O)O)c1ccc(OC)cc1. The number of methoxy groups -OCH3 is 2. The van der Waals surface area contributed by atoms with E-state index in [1.165, 1.54) is 7.11 Å². The second-order valence-corrected chi connectivity index (χ2v) is 5.41. The topological polar surface area (TPSA) is 76.1 Å². The maximum Gasteiger partial charge on any atom is 0.338 e. The molecule has 0 heterocycles. The van der Waals surface area contributed by atoms with Crippen LogP contribution in [0, 0.1) is 0 Å². The summed E-state index contributed by atoms with van der Waals surface area (Å²) >= 11 is 0. The zero-order valence-corrected chi connectivity index (χ0v) is 14.3. The van der Waals surface area contributed by atoms with Crippen LogP contribution >= 0.6 is 0 Å². The van der Waals surface area contributed by atoms with Crippen molar-refractivity contribution in [3.05, 3.63) is 59.7 Å². The van der Waals surface area contributed by atoms with Crippen LogP contribution < -0.4 is 9.64 Å². The molecule has 0 saturated heterocycles. The van der Waals surface area contributed by atoms with E-state index in [4.69, 9.17) is 14.6 Å². The quantitative estimate of drug-likeness (QED) is 0.743. The molecule has 0 aliphatic heterocycles. The third-order valence-electron chi connectivity index (χ3n) is 3.82. The molecule has 2 rings (SSSR count). The monoisotopic (exact) mass is 343 g/mol. The first-order valence-electron chi connectivity index (χ1n) is 7.82. The van der Waals surface area contributed by atoms with E-state index in [0.29, 0.717) is 18.7 Å². The highest BCUT2D eigenvalue weighted by molar-refractivity contribution is 5.91. The van der Waals surface area contributed by atoms with Gasteiger partial charge in [0.05, 0.1) is 26.2 Å². The third kappa shape index (κ3) is 4.97. The average Bonchev–Trinajstić information content (AvgIpc) is 2.64. The van der Waals surface area contributed by atoms with Gasteiger partial charge in [0.2, 0.25) is 0 Å². The van der Waals surface area contributed by atoms with Crippen molar-refractivity contribution in [1.82, 2.24) is 0 Å². The number of carboxylic acid groups (broad SMARTS) is 1. The number of carboxylic acids is 1. The number of nitrogens with zero attached hydrogens (tertiary/aromatic N) is 1. The van der Waals surface area contributed by atoms with Crippen molar-refractivity contribution in [1.29, 1.82) is 0 Å². The molecule has 1 N–H and O–H groups in total. The summed E-state index contributed by atoms with van der Waals surface area (Å²) in [6.45, 7) is 0.710. The lowest BCUT2D eigenvalue weighted by molar-refractivity contribution is -0.136. The predicted molar refractivity (Wildman–Crippen MR) is 94.1 cm³/mol. The molecular formula is C19H21NO5. The number of ether oxygens (including phenoxy) is 2. The molecule has 6 nitrogen and oxygen atoms in total. The summed E-state index contributed by atoms with van der Waals surface area (Å²) in [7, 11) is 2.93. The van der Waals surface area contributed by atoms with Crippen molar-refractivity contribution in [2.75, 3.05) is 25.7 Å². The Morgan fingerprint density at radius 3 is 2.32 bits per heavy atom. The van der Waals surface area contributed by atoms with Crippen LogP contribution in [-0.4, -0.2) is 37.8 Å². The van der Waals surface area contributed by atoms with Gasteiger partial charge in [-0.1, -0.05) is 18.2 Å². The Morgan fingerprint density at radius 1 is 1.04 bits per heavy atom. The van der Waals surface area contributed by atoms with Crippen molar-refractivity contribution < 1.29 is 24.2 Å². The molecule has 0 unspecified atom stereocenters. The number of carbonyl (C=O) groups is 2. The van der Waals surface area contributed by atoms with Crippen molar-refractivity contribution in [3.63, 3.8) is 0 Å². The predicted octanol–water partition coefficient (Wildman–Crippen LogP) is 2.96. The molecule has 0 radical (unpaired) electrons. The molecule has 25 heavy (non-hydrogen) atoms. The van der Waals surface area contributed by atoms with Crippen LogP contribution in [0.1, 0.15) is 22.3 Å². The highest BCUT2D eigenvalue weighted by Gasteiger charge is 2.15. The van der Waals surface area contributed by atoms with E-state index in [9.17, 15) is 9.59 Å². The summed E-state index contributed by atoms with van der Waals surface area (Å²) in [6, 6.07) is 14.5. The van der Waals surface area contributed by atoms with E-state index in [2.05, 4.69) is 0 Å². The Morgan fingerprint density at radius 2 is 1.72 bits per heavy atom. The number of hydrogen-bond donors (Lipinski definition) is 1. The van der Waals surface area contributed by atoms with E-state index in [1.807, 2.05) is 41.3 Å². The zero-order chi connectivity index (χ0) is 18.2. The first-order valence-corrected chi connectivity index (χ1v) is 7.82. The van der Waals surface area contributed by atoms with Gasteiger partial charge in [-0.05, 0) is 35.9 Å². The maximum atomic E-state index is 12.0. The number of carbonyl (C=O) groups excluding carboxylic acids is 1. The van der Waals surface area contributed by atoms with Crippen LogP contribution in [0.15, 0.2) is 48.5 Å². The Kier molecular flexibility index (Phi) is 6.39. The summed E-state index contributed by atoms with van der Waals surface area (Å²) in [4.78, 5) is 24.9. The lowest BCUT2D eigenvalue weighted by Crippen LogP contribution is -2.26. The average molecular weight is 343 g/mol. The van der Waals surface area contributed by atoms with Gasteiger partial charge in [0.25, 0.3) is 0 Å². The lowest BCUT2D eigenvalue weighted by atomic mass is 10.1. The fourth-order valence-corrected chi connectivity index (χ4v) is 2.50.